The standard InChI is InChI=1S/C18H17N3O3S/c1-21(16-4-2-3-9-19-16)10-11-24-14-7-5-13(6-8-14)12-15-17(22)20-18(23)25-15/h2-9,12H,10-11H2,1H3,(H,20,22,23)/b15-12+. The normalized spacial score (nSPS) is 15.3. The van der Waals surface area contributed by atoms with E-state index in [2.05, 4.69) is 10.3 Å². The van der Waals surface area contributed by atoms with Crippen molar-refractivity contribution >= 4 is 34.8 Å². The molecule has 6 nitrogen and oxygen atoms in total. The van der Waals surface area contributed by atoms with Gasteiger partial charge in [0, 0.05) is 13.2 Å². The second-order valence-electron chi connectivity index (χ2n) is 5.38. The van der Waals surface area contributed by atoms with Gasteiger partial charge in [0.2, 0.25) is 0 Å². The van der Waals surface area contributed by atoms with Crippen LogP contribution in [0.1, 0.15) is 5.56 Å². The van der Waals surface area contributed by atoms with Gasteiger partial charge in [0.25, 0.3) is 11.1 Å². The minimum absolute atomic E-state index is 0.340. The van der Waals surface area contributed by atoms with Crippen molar-refractivity contribution in [2.45, 2.75) is 0 Å². The third-order valence-corrected chi connectivity index (χ3v) is 4.37. The lowest BCUT2D eigenvalue weighted by atomic mass is 10.2. The third-order valence-electron chi connectivity index (χ3n) is 3.56. The largest absolute Gasteiger partial charge is 0.492 e. The summed E-state index contributed by atoms with van der Waals surface area (Å²) in [5.74, 6) is 1.29. The van der Waals surface area contributed by atoms with Gasteiger partial charge < -0.3 is 9.64 Å². The molecule has 1 saturated heterocycles. The third kappa shape index (κ3) is 4.60. The van der Waals surface area contributed by atoms with Crippen LogP contribution >= 0.6 is 11.8 Å². The van der Waals surface area contributed by atoms with Gasteiger partial charge in [-0.2, -0.15) is 0 Å². The summed E-state index contributed by atoms with van der Waals surface area (Å²) in [4.78, 5) is 29.4. The minimum atomic E-state index is -0.354. The fraction of sp³-hybridized carbons (Fsp3) is 0.167. The summed E-state index contributed by atoms with van der Waals surface area (Å²) in [6.07, 6.45) is 3.44. The lowest BCUT2D eigenvalue weighted by Crippen LogP contribution is -2.24. The number of likely N-dealkylation sites (N-methyl/N-ethyl adjacent to an activating group) is 1. The van der Waals surface area contributed by atoms with Gasteiger partial charge in [-0.1, -0.05) is 18.2 Å². The van der Waals surface area contributed by atoms with E-state index in [9.17, 15) is 9.59 Å². The van der Waals surface area contributed by atoms with Crippen LogP contribution in [0.4, 0.5) is 10.6 Å². The Morgan fingerprint density at radius 3 is 2.64 bits per heavy atom. The highest BCUT2D eigenvalue weighted by atomic mass is 32.2. The van der Waals surface area contributed by atoms with E-state index in [4.69, 9.17) is 4.74 Å². The van der Waals surface area contributed by atoms with E-state index >= 15 is 0 Å². The van der Waals surface area contributed by atoms with Crippen LogP contribution in [0.3, 0.4) is 0 Å². The molecule has 0 unspecified atom stereocenters. The van der Waals surface area contributed by atoms with Gasteiger partial charge in [0.1, 0.15) is 18.2 Å². The molecule has 0 saturated carbocycles. The molecule has 3 rings (SSSR count). The molecule has 1 aliphatic rings. The lowest BCUT2D eigenvalue weighted by Gasteiger charge is -2.18. The number of rotatable bonds is 6. The first-order chi connectivity index (χ1) is 12.1. The maximum atomic E-state index is 11.5. The molecule has 2 amide bonds. The number of hydrogen-bond acceptors (Lipinski definition) is 6. The van der Waals surface area contributed by atoms with E-state index < -0.39 is 0 Å². The van der Waals surface area contributed by atoms with E-state index in [0.29, 0.717) is 18.1 Å². The van der Waals surface area contributed by atoms with E-state index in [-0.39, 0.29) is 11.1 Å². The monoisotopic (exact) mass is 355 g/mol. The van der Waals surface area contributed by atoms with Crippen molar-refractivity contribution in [3.63, 3.8) is 0 Å². The Bertz CT molecular complexity index is 791. The number of carbonyl (C=O) groups excluding carboxylic acids is 2. The van der Waals surface area contributed by atoms with Gasteiger partial charge in [0.05, 0.1) is 11.4 Å². The van der Waals surface area contributed by atoms with Crippen molar-refractivity contribution < 1.29 is 14.3 Å². The molecular weight excluding hydrogens is 338 g/mol. The van der Waals surface area contributed by atoms with Crippen LogP contribution in [0.15, 0.2) is 53.6 Å². The van der Waals surface area contributed by atoms with Crippen molar-refractivity contribution in [2.24, 2.45) is 0 Å². The number of carbonyl (C=O) groups is 2. The van der Waals surface area contributed by atoms with Crippen LogP contribution in [0.25, 0.3) is 6.08 Å². The Kier molecular flexibility index (Phi) is 5.35. The van der Waals surface area contributed by atoms with Gasteiger partial charge in [-0.15, -0.1) is 0 Å². The van der Waals surface area contributed by atoms with Crippen LogP contribution in [0, 0.1) is 0 Å². The maximum absolute atomic E-state index is 11.5. The summed E-state index contributed by atoms with van der Waals surface area (Å²) in [5.41, 5.74) is 0.838. The molecule has 0 atom stereocenters. The van der Waals surface area contributed by atoms with Gasteiger partial charge in [-0.3, -0.25) is 14.9 Å². The maximum Gasteiger partial charge on any atom is 0.290 e. The highest BCUT2D eigenvalue weighted by Gasteiger charge is 2.24. The average molecular weight is 355 g/mol. The van der Waals surface area contributed by atoms with Crippen LogP contribution < -0.4 is 15.0 Å². The number of nitrogens with one attached hydrogen (secondary N) is 1. The second kappa shape index (κ2) is 7.85. The number of benzene rings is 1. The number of anilines is 1. The van der Waals surface area contributed by atoms with E-state index in [1.165, 1.54) is 0 Å². The Morgan fingerprint density at radius 2 is 2.00 bits per heavy atom. The van der Waals surface area contributed by atoms with Crippen LogP contribution in [0.2, 0.25) is 0 Å². The predicted molar refractivity (Wildman–Crippen MR) is 98.6 cm³/mol. The van der Waals surface area contributed by atoms with Crippen molar-refractivity contribution in [1.82, 2.24) is 10.3 Å². The smallest absolute Gasteiger partial charge is 0.290 e. The molecule has 0 spiro atoms. The Labute approximate surface area is 149 Å². The molecule has 1 aromatic heterocycles. The van der Waals surface area contributed by atoms with Crippen LogP contribution in [-0.2, 0) is 4.79 Å². The molecule has 1 N–H and O–H groups in total. The minimum Gasteiger partial charge on any atom is -0.492 e. The van der Waals surface area contributed by atoms with Crippen molar-refractivity contribution in [3.05, 3.63) is 59.1 Å². The molecular formula is C18H17N3O3S. The van der Waals surface area contributed by atoms with E-state index in [1.807, 2.05) is 54.4 Å². The van der Waals surface area contributed by atoms with Crippen molar-refractivity contribution in [2.75, 3.05) is 25.1 Å². The van der Waals surface area contributed by atoms with E-state index in [0.717, 1.165) is 28.9 Å². The second-order valence-corrected chi connectivity index (χ2v) is 6.39. The van der Waals surface area contributed by atoms with E-state index in [1.54, 1.807) is 12.3 Å². The summed E-state index contributed by atoms with van der Waals surface area (Å²) in [6.45, 7) is 1.24. The molecule has 1 aromatic carbocycles. The van der Waals surface area contributed by atoms with Gasteiger partial charge >= 0.3 is 0 Å². The number of imide groups is 1. The zero-order chi connectivity index (χ0) is 17.6. The number of ether oxygens (including phenoxy) is 1. The summed E-state index contributed by atoms with van der Waals surface area (Å²) < 4.78 is 5.73. The summed E-state index contributed by atoms with van der Waals surface area (Å²) in [7, 11) is 1.96. The van der Waals surface area contributed by atoms with Crippen LogP contribution in [-0.4, -0.2) is 36.3 Å². The number of pyridine rings is 1. The Balaban J connectivity index is 1.52. The summed E-state index contributed by atoms with van der Waals surface area (Å²) >= 11 is 0.907. The molecule has 0 radical (unpaired) electrons. The Morgan fingerprint density at radius 1 is 1.20 bits per heavy atom. The molecule has 1 aliphatic heterocycles. The quantitative estimate of drug-likeness (QED) is 0.804. The fourth-order valence-corrected chi connectivity index (χ4v) is 2.91. The molecule has 1 fully saturated rings. The first kappa shape index (κ1) is 17.0. The summed E-state index contributed by atoms with van der Waals surface area (Å²) in [5, 5.41) is 1.89. The van der Waals surface area contributed by atoms with Gasteiger partial charge in [0.15, 0.2) is 0 Å². The zero-order valence-corrected chi connectivity index (χ0v) is 14.5. The summed E-state index contributed by atoms with van der Waals surface area (Å²) in [6, 6.07) is 13.2. The lowest BCUT2D eigenvalue weighted by molar-refractivity contribution is -0.115. The highest BCUT2D eigenvalue weighted by molar-refractivity contribution is 8.18. The number of amides is 2. The number of hydrogen-bond donors (Lipinski definition) is 1. The molecule has 7 heteroatoms. The zero-order valence-electron chi connectivity index (χ0n) is 13.6. The SMILES string of the molecule is CN(CCOc1ccc(/C=C2/SC(=O)NC2=O)cc1)c1ccccn1. The van der Waals surface area contributed by atoms with Gasteiger partial charge in [-0.05, 0) is 47.7 Å². The first-order valence-electron chi connectivity index (χ1n) is 7.72. The molecule has 128 valence electrons. The topological polar surface area (TPSA) is 71.5 Å². The highest BCUT2D eigenvalue weighted by Crippen LogP contribution is 2.26. The van der Waals surface area contributed by atoms with Crippen molar-refractivity contribution in [1.29, 1.82) is 0 Å². The van der Waals surface area contributed by atoms with Crippen molar-refractivity contribution in [3.8, 4) is 5.75 Å². The Hall–Kier alpha value is -2.80. The van der Waals surface area contributed by atoms with Crippen LogP contribution in [0.5, 0.6) is 5.75 Å². The number of aromatic nitrogens is 1. The number of thioether (sulfide) groups is 1. The fourth-order valence-electron chi connectivity index (χ4n) is 2.23. The predicted octanol–water partition coefficient (Wildman–Crippen LogP) is 2.92. The van der Waals surface area contributed by atoms with Gasteiger partial charge in [-0.25, -0.2) is 4.98 Å². The molecule has 2 aromatic rings. The average Bonchev–Trinajstić information content (AvgIpc) is 2.94. The first-order valence-corrected chi connectivity index (χ1v) is 8.53. The number of nitrogens with zero attached hydrogens (tertiary/aromatic N) is 2. The molecule has 2 heterocycles. The molecule has 0 bridgehead atoms. The molecule has 0 aliphatic carbocycles. The molecule has 25 heavy (non-hydrogen) atoms.